The fraction of sp³-hybridized carbons (Fsp3) is 0.800. The average molecular weight is 312 g/mol. The minimum atomic E-state index is 0.0573. The number of nitrogens with zero attached hydrogens (tertiary/aromatic N) is 1. The second kappa shape index (κ2) is 4.21. The Labute approximate surface area is 82.9 Å². The van der Waals surface area contributed by atoms with Gasteiger partial charge in [0.25, 0.3) is 0 Å². The molecule has 0 aliphatic rings. The van der Waals surface area contributed by atoms with Crippen LogP contribution >= 0.6 is 31.9 Å². The van der Waals surface area contributed by atoms with E-state index in [1.807, 2.05) is 7.05 Å². The Hall–Kier alpha value is 1.27. The van der Waals surface area contributed by atoms with E-state index in [-0.39, 0.29) is 4.32 Å². The third-order valence-corrected chi connectivity index (χ3v) is 6.35. The van der Waals surface area contributed by atoms with E-state index >= 15 is 0 Å². The van der Waals surface area contributed by atoms with Crippen molar-refractivity contribution in [3.05, 3.63) is 0 Å². The molecule has 0 aromatic carbocycles. The summed E-state index contributed by atoms with van der Waals surface area (Å²) in [5.74, 6) is 0. The quantitative estimate of drug-likeness (QED) is 0.418. The maximum atomic E-state index is 4.10. The van der Waals surface area contributed by atoms with Gasteiger partial charge in [-0.3, -0.25) is 0 Å². The summed E-state index contributed by atoms with van der Waals surface area (Å²) in [6, 6.07) is 0. The predicted octanol–water partition coefficient (Wildman–Crippen LogP) is 1.73. The Balaban J connectivity index is 4.14. The third kappa shape index (κ3) is 3.25. The molecule has 1 nitrogen and oxygen atoms in total. The zero-order chi connectivity index (χ0) is 7.49. The standard InChI is InChI=1S/C5H8Br2N.Ga/c1-5(7,3-6)4-8-2;/h3H2,1-2H3;. The van der Waals surface area contributed by atoms with Crippen molar-refractivity contribution in [3.8, 4) is 0 Å². The van der Waals surface area contributed by atoms with Crippen molar-refractivity contribution in [2.45, 2.75) is 11.2 Å². The molecule has 0 saturated carbocycles. The third-order valence-electron chi connectivity index (χ3n) is 1.03. The van der Waals surface area contributed by atoms with Gasteiger partial charge in [0.2, 0.25) is 0 Å². The van der Waals surface area contributed by atoms with Crippen LogP contribution in [0.3, 0.4) is 0 Å². The van der Waals surface area contributed by atoms with Gasteiger partial charge in [-0.15, -0.1) is 0 Å². The van der Waals surface area contributed by atoms with Crippen LogP contribution in [0, 0.1) is 0 Å². The van der Waals surface area contributed by atoms with Crippen molar-refractivity contribution in [1.82, 2.24) is 0 Å². The van der Waals surface area contributed by atoms with Crippen molar-refractivity contribution in [2.75, 3.05) is 12.4 Å². The molecule has 2 radical (unpaired) electrons. The Morgan fingerprint density at radius 3 is 2.33 bits per heavy atom. The number of halogens is 2. The molecule has 1 atom stereocenters. The average Bonchev–Trinajstić information content (AvgIpc) is 1.86. The molecule has 0 rings (SSSR count). The zero-order valence-electron chi connectivity index (χ0n) is 5.49. The minimum absolute atomic E-state index is 0.0573. The second-order valence-electron chi connectivity index (χ2n) is 1.94. The van der Waals surface area contributed by atoms with Crippen LogP contribution < -0.4 is 0 Å². The fourth-order valence-electron chi connectivity index (χ4n) is 0.302. The van der Waals surface area contributed by atoms with Crippen LogP contribution in [0.4, 0.5) is 0 Å². The molecule has 0 N–H and O–H groups in total. The fourth-order valence-corrected chi connectivity index (χ4v) is 1.61. The van der Waals surface area contributed by atoms with Gasteiger partial charge < -0.3 is 0 Å². The van der Waals surface area contributed by atoms with E-state index in [2.05, 4.69) is 43.8 Å². The molecule has 9 heavy (non-hydrogen) atoms. The summed E-state index contributed by atoms with van der Waals surface area (Å²) in [7, 11) is 1.82. The van der Waals surface area contributed by atoms with Crippen LogP contribution in [-0.4, -0.2) is 39.6 Å². The summed E-state index contributed by atoms with van der Waals surface area (Å²) in [6.07, 6.45) is 0. The van der Waals surface area contributed by atoms with Gasteiger partial charge in [0.1, 0.15) is 0 Å². The molecule has 0 spiro atoms. The topological polar surface area (TPSA) is 12.4 Å². The number of aliphatic imine (C=N–C) groups is 1. The summed E-state index contributed by atoms with van der Waals surface area (Å²) in [4.78, 5) is 4.10. The van der Waals surface area contributed by atoms with Crippen molar-refractivity contribution >= 4 is 54.7 Å². The summed E-state index contributed by atoms with van der Waals surface area (Å²) in [5, 5.41) is 0.908. The first kappa shape index (κ1) is 10.3. The van der Waals surface area contributed by atoms with Crippen molar-refractivity contribution in [2.24, 2.45) is 4.99 Å². The normalized spacial score (nSPS) is 19.3. The van der Waals surface area contributed by atoms with Crippen LogP contribution in [-0.2, 0) is 0 Å². The first-order chi connectivity index (χ1) is 4.04. The molecule has 0 heterocycles. The summed E-state index contributed by atoms with van der Waals surface area (Å²) in [6.45, 7) is 2.10. The molecule has 50 valence electrons. The van der Waals surface area contributed by atoms with Crippen molar-refractivity contribution in [3.63, 3.8) is 0 Å². The number of alkyl halides is 2. The van der Waals surface area contributed by atoms with E-state index in [0.29, 0.717) is 0 Å². The summed E-state index contributed by atoms with van der Waals surface area (Å²) >= 11 is 8.51. The van der Waals surface area contributed by atoms with Gasteiger partial charge in [-0.2, -0.15) is 0 Å². The Morgan fingerprint density at radius 2 is 2.22 bits per heavy atom. The van der Waals surface area contributed by atoms with Gasteiger partial charge in [-0.25, -0.2) is 0 Å². The molecule has 0 aliphatic heterocycles. The SMILES string of the molecule is CN=[C]([Ga])C(C)(Br)CBr. The first-order valence-corrected chi connectivity index (χ1v) is 5.65. The number of rotatable bonds is 2. The zero-order valence-corrected chi connectivity index (χ0v) is 11.1. The van der Waals surface area contributed by atoms with Crippen LogP contribution in [0.1, 0.15) is 6.92 Å². The molecule has 0 saturated heterocycles. The van der Waals surface area contributed by atoms with Gasteiger partial charge in [0.05, 0.1) is 0 Å². The maximum absolute atomic E-state index is 4.10. The van der Waals surface area contributed by atoms with Gasteiger partial charge in [0.15, 0.2) is 0 Å². The van der Waals surface area contributed by atoms with Gasteiger partial charge in [0, 0.05) is 0 Å². The van der Waals surface area contributed by atoms with Crippen molar-refractivity contribution < 1.29 is 0 Å². The van der Waals surface area contributed by atoms with E-state index in [4.69, 9.17) is 0 Å². The number of hydrogen-bond acceptors (Lipinski definition) is 1. The molecule has 1 unspecified atom stereocenters. The number of hydrogen-bond donors (Lipinski definition) is 0. The molecule has 0 fully saturated rings. The molecule has 0 bridgehead atoms. The van der Waals surface area contributed by atoms with Gasteiger partial charge >= 0.3 is 83.3 Å². The summed E-state index contributed by atoms with van der Waals surface area (Å²) < 4.78 is 1.23. The van der Waals surface area contributed by atoms with Crippen LogP contribution in [0.2, 0.25) is 0 Å². The van der Waals surface area contributed by atoms with E-state index in [0.717, 1.165) is 5.33 Å². The van der Waals surface area contributed by atoms with Crippen molar-refractivity contribution in [1.29, 1.82) is 0 Å². The molecule has 0 aromatic heterocycles. The Morgan fingerprint density at radius 1 is 1.78 bits per heavy atom. The molecular formula is C5H8Br2GaN. The molecular weight excluding hydrogens is 304 g/mol. The van der Waals surface area contributed by atoms with E-state index in [1.54, 1.807) is 18.6 Å². The first-order valence-electron chi connectivity index (χ1n) is 2.52. The molecule has 0 aromatic rings. The van der Waals surface area contributed by atoms with Crippen LogP contribution in [0.5, 0.6) is 0 Å². The monoisotopic (exact) mass is 309 g/mol. The Kier molecular flexibility index (Phi) is 4.80. The van der Waals surface area contributed by atoms with Gasteiger partial charge in [-0.1, -0.05) is 0 Å². The van der Waals surface area contributed by atoms with Crippen LogP contribution in [0.15, 0.2) is 4.99 Å². The van der Waals surface area contributed by atoms with E-state index in [1.165, 1.54) is 4.27 Å². The van der Waals surface area contributed by atoms with Crippen LogP contribution in [0.25, 0.3) is 0 Å². The van der Waals surface area contributed by atoms with Gasteiger partial charge in [-0.05, 0) is 0 Å². The summed E-state index contributed by atoms with van der Waals surface area (Å²) in [5.41, 5.74) is 0. The second-order valence-corrected chi connectivity index (χ2v) is 5.40. The van der Waals surface area contributed by atoms with E-state index < -0.39 is 0 Å². The molecule has 4 heteroatoms. The Bertz CT molecular complexity index is 122. The molecule has 0 amide bonds. The predicted molar refractivity (Wildman–Crippen MR) is 50.2 cm³/mol. The molecule has 0 aliphatic carbocycles. The van der Waals surface area contributed by atoms with E-state index in [9.17, 15) is 0 Å².